The van der Waals surface area contributed by atoms with Crippen LogP contribution in [0.1, 0.15) is 335 Å². The number of aliphatic hydroxyl groups is 2. The van der Waals surface area contributed by atoms with Crippen molar-refractivity contribution in [3.05, 3.63) is 24.3 Å². The maximum atomic E-state index is 13.3. The zero-order chi connectivity index (χ0) is 49.5. The minimum absolute atomic E-state index is 0.0827. The molecule has 68 heavy (non-hydrogen) atoms. The number of carbonyl (C=O) groups excluding carboxylic acids is 2. The lowest BCUT2D eigenvalue weighted by Gasteiger charge is -2.24. The van der Waals surface area contributed by atoms with Crippen LogP contribution in [0.5, 0.6) is 0 Å². The molecule has 0 aliphatic heterocycles. The van der Waals surface area contributed by atoms with Crippen molar-refractivity contribution in [2.45, 2.75) is 354 Å². The predicted octanol–water partition coefficient (Wildman–Crippen LogP) is 19.0. The summed E-state index contributed by atoms with van der Waals surface area (Å²) in [5.41, 5.74) is 0. The maximum Gasteiger partial charge on any atom is 0.306 e. The third kappa shape index (κ3) is 50.7. The molecule has 0 bridgehead atoms. The first-order chi connectivity index (χ1) is 33.5. The van der Waals surface area contributed by atoms with Gasteiger partial charge in [0, 0.05) is 6.42 Å². The second kappa shape index (κ2) is 56.3. The summed E-state index contributed by atoms with van der Waals surface area (Å²) < 4.78 is 5.98. The molecule has 3 unspecified atom stereocenters. The second-order valence-electron chi connectivity index (χ2n) is 21.1. The molecular formula is C62H119NO5. The van der Waals surface area contributed by atoms with Crippen LogP contribution >= 0.6 is 0 Å². The molecule has 0 aliphatic carbocycles. The van der Waals surface area contributed by atoms with Crippen LogP contribution in [0.15, 0.2) is 24.3 Å². The highest BCUT2D eigenvalue weighted by Crippen LogP contribution is 2.19. The minimum Gasteiger partial charge on any atom is -0.462 e. The molecule has 0 aliphatic rings. The van der Waals surface area contributed by atoms with Crippen LogP contribution in [0, 0.1) is 0 Å². The molecule has 0 fully saturated rings. The van der Waals surface area contributed by atoms with Gasteiger partial charge in [0.25, 0.3) is 0 Å². The van der Waals surface area contributed by atoms with Gasteiger partial charge in [0.05, 0.1) is 25.2 Å². The van der Waals surface area contributed by atoms with Crippen molar-refractivity contribution in [3.63, 3.8) is 0 Å². The van der Waals surface area contributed by atoms with Crippen molar-refractivity contribution in [3.8, 4) is 0 Å². The number of amides is 1. The lowest BCUT2D eigenvalue weighted by Crippen LogP contribution is -2.46. The van der Waals surface area contributed by atoms with Crippen LogP contribution in [0.2, 0.25) is 0 Å². The molecule has 0 radical (unpaired) electrons. The highest BCUT2D eigenvalue weighted by atomic mass is 16.5. The summed E-state index contributed by atoms with van der Waals surface area (Å²) in [6.07, 6.45) is 66.7. The number of aliphatic hydroxyl groups excluding tert-OH is 2. The first-order valence-electron chi connectivity index (χ1n) is 30.6. The number of hydrogen-bond acceptors (Lipinski definition) is 5. The van der Waals surface area contributed by atoms with Crippen molar-refractivity contribution in [1.82, 2.24) is 5.32 Å². The Morgan fingerprint density at radius 1 is 0.426 bits per heavy atom. The van der Waals surface area contributed by atoms with Crippen molar-refractivity contribution >= 4 is 11.9 Å². The third-order valence-corrected chi connectivity index (χ3v) is 14.3. The Morgan fingerprint density at radius 3 is 1.15 bits per heavy atom. The number of ether oxygens (including phenoxy) is 1. The van der Waals surface area contributed by atoms with E-state index in [0.29, 0.717) is 19.3 Å². The van der Waals surface area contributed by atoms with E-state index in [4.69, 9.17) is 4.74 Å². The number of hydrogen-bond donors (Lipinski definition) is 3. The van der Waals surface area contributed by atoms with E-state index >= 15 is 0 Å². The predicted molar refractivity (Wildman–Crippen MR) is 296 cm³/mol. The molecule has 0 aromatic rings. The molecule has 0 heterocycles. The maximum absolute atomic E-state index is 13.3. The molecule has 3 N–H and O–H groups in total. The fraction of sp³-hybridized carbons (Fsp3) is 0.903. The third-order valence-electron chi connectivity index (χ3n) is 14.3. The molecule has 402 valence electrons. The van der Waals surface area contributed by atoms with Crippen molar-refractivity contribution in [2.75, 3.05) is 6.61 Å². The zero-order valence-corrected chi connectivity index (χ0v) is 46.0. The zero-order valence-electron chi connectivity index (χ0n) is 46.0. The molecule has 0 aromatic heterocycles. The standard InChI is InChI=1S/C62H119NO5/c1-4-7-10-13-16-19-22-25-28-29-30-31-34-37-40-43-46-49-52-55-62(67)68-58(53-50-47-44-41-38-35-32-26-23-20-17-14-11-8-5-2)56-61(66)63-59(57-64)60(65)54-51-48-45-42-39-36-33-27-24-21-18-15-12-9-6-3/h16,19,25,28,58-60,64-65H,4-15,17-18,20-24,26-27,29-57H2,1-3H3,(H,63,66)/b19-16-,28-25-. The molecule has 0 saturated carbocycles. The highest BCUT2D eigenvalue weighted by Gasteiger charge is 2.24. The molecule has 0 spiro atoms. The van der Waals surface area contributed by atoms with Crippen molar-refractivity contribution < 1.29 is 24.5 Å². The summed E-state index contributed by atoms with van der Waals surface area (Å²) in [4.78, 5) is 26.3. The van der Waals surface area contributed by atoms with Gasteiger partial charge in [-0.2, -0.15) is 0 Å². The highest BCUT2D eigenvalue weighted by molar-refractivity contribution is 5.77. The van der Waals surface area contributed by atoms with Gasteiger partial charge < -0.3 is 20.3 Å². The largest absolute Gasteiger partial charge is 0.462 e. The van der Waals surface area contributed by atoms with E-state index < -0.39 is 18.2 Å². The summed E-state index contributed by atoms with van der Waals surface area (Å²) in [6, 6.07) is -0.698. The molecule has 3 atom stereocenters. The molecule has 1 amide bonds. The van der Waals surface area contributed by atoms with Crippen LogP contribution < -0.4 is 5.32 Å². The van der Waals surface area contributed by atoms with E-state index in [1.165, 1.54) is 238 Å². The lowest BCUT2D eigenvalue weighted by molar-refractivity contribution is -0.151. The number of carbonyl (C=O) groups is 2. The van der Waals surface area contributed by atoms with E-state index in [9.17, 15) is 19.8 Å². The van der Waals surface area contributed by atoms with Gasteiger partial charge in [-0.05, 0) is 57.8 Å². The topological polar surface area (TPSA) is 95.9 Å². The molecule has 0 rings (SSSR count). The summed E-state index contributed by atoms with van der Waals surface area (Å²) in [7, 11) is 0. The van der Waals surface area contributed by atoms with Crippen molar-refractivity contribution in [1.29, 1.82) is 0 Å². The van der Waals surface area contributed by atoms with E-state index in [-0.39, 0.29) is 24.9 Å². The fourth-order valence-electron chi connectivity index (χ4n) is 9.64. The quantitative estimate of drug-likeness (QED) is 0.0321. The van der Waals surface area contributed by atoms with Gasteiger partial charge in [-0.25, -0.2) is 0 Å². The molecule has 0 saturated heterocycles. The number of esters is 1. The number of rotatable bonds is 56. The van der Waals surface area contributed by atoms with Crippen LogP contribution in [0.25, 0.3) is 0 Å². The Kier molecular flexibility index (Phi) is 54.9. The molecule has 6 nitrogen and oxygen atoms in total. The van der Waals surface area contributed by atoms with Gasteiger partial charge in [0.1, 0.15) is 6.10 Å². The van der Waals surface area contributed by atoms with E-state index in [2.05, 4.69) is 50.4 Å². The van der Waals surface area contributed by atoms with Gasteiger partial charge in [-0.15, -0.1) is 0 Å². The number of allylic oxidation sites excluding steroid dienone is 4. The SMILES string of the molecule is CCCCC/C=C\C/C=C\CCCCCCCCCCCC(=O)OC(CCCCCCCCCCCCCCCCC)CC(=O)NC(CO)C(O)CCCCCCCCCCCCCCCCC. The smallest absolute Gasteiger partial charge is 0.306 e. The van der Waals surface area contributed by atoms with E-state index in [0.717, 1.165) is 51.4 Å². The van der Waals surface area contributed by atoms with Gasteiger partial charge in [-0.3, -0.25) is 9.59 Å². The summed E-state index contributed by atoms with van der Waals surface area (Å²) >= 11 is 0. The van der Waals surface area contributed by atoms with Gasteiger partial charge in [0.15, 0.2) is 0 Å². The Labute approximate surface area is 424 Å². The van der Waals surface area contributed by atoms with Gasteiger partial charge in [0.2, 0.25) is 5.91 Å². The lowest BCUT2D eigenvalue weighted by atomic mass is 10.0. The average molecular weight is 959 g/mol. The van der Waals surface area contributed by atoms with E-state index in [1.807, 2.05) is 0 Å². The monoisotopic (exact) mass is 958 g/mol. The van der Waals surface area contributed by atoms with Crippen LogP contribution in [0.3, 0.4) is 0 Å². The fourth-order valence-corrected chi connectivity index (χ4v) is 9.64. The Balaban J connectivity index is 4.49. The summed E-state index contributed by atoms with van der Waals surface area (Å²) in [5, 5.41) is 23.9. The van der Waals surface area contributed by atoms with Crippen LogP contribution in [0.4, 0.5) is 0 Å². The van der Waals surface area contributed by atoms with Gasteiger partial charge >= 0.3 is 5.97 Å². The second-order valence-corrected chi connectivity index (χ2v) is 21.1. The van der Waals surface area contributed by atoms with E-state index in [1.54, 1.807) is 0 Å². The molecule has 0 aromatic carbocycles. The number of unbranched alkanes of at least 4 members (excludes halogenated alkanes) is 40. The van der Waals surface area contributed by atoms with Crippen molar-refractivity contribution in [2.24, 2.45) is 0 Å². The Bertz CT molecular complexity index is 1080. The minimum atomic E-state index is -0.785. The normalized spacial score (nSPS) is 13.2. The number of nitrogens with one attached hydrogen (secondary N) is 1. The Hall–Kier alpha value is -1.66. The average Bonchev–Trinajstić information content (AvgIpc) is 3.33. The molecule has 6 heteroatoms. The van der Waals surface area contributed by atoms with Crippen LogP contribution in [-0.2, 0) is 14.3 Å². The first-order valence-corrected chi connectivity index (χ1v) is 30.6. The Morgan fingerprint density at radius 2 is 0.750 bits per heavy atom. The van der Waals surface area contributed by atoms with Gasteiger partial charge in [-0.1, -0.05) is 289 Å². The van der Waals surface area contributed by atoms with Crippen LogP contribution in [-0.4, -0.2) is 46.9 Å². The molecular weight excluding hydrogens is 839 g/mol. The summed E-state index contributed by atoms with van der Waals surface area (Å²) in [5.74, 6) is -0.455. The summed E-state index contributed by atoms with van der Waals surface area (Å²) in [6.45, 7) is 6.51. The first kappa shape index (κ1) is 66.3.